The van der Waals surface area contributed by atoms with Crippen molar-refractivity contribution in [3.05, 3.63) is 53.9 Å². The van der Waals surface area contributed by atoms with Crippen LogP contribution in [0.15, 0.2) is 42.6 Å². The summed E-state index contributed by atoms with van der Waals surface area (Å²) in [5, 5.41) is 14.2. The molecule has 3 heterocycles. The number of amides is 2. The topological polar surface area (TPSA) is 95.0 Å². The number of aliphatic hydroxyl groups is 1. The summed E-state index contributed by atoms with van der Waals surface area (Å²) >= 11 is 0. The zero-order valence-corrected chi connectivity index (χ0v) is 24.0. The number of aromatic nitrogens is 1. The number of nitrogens with zero attached hydrogens (tertiary/aromatic N) is 3. The molecule has 216 valence electrons. The largest absolute Gasteiger partial charge is 0.456 e. The number of nitrogens with one attached hydrogen (secondary N) is 1. The number of aliphatic hydroxyl groups excluding tert-OH is 1. The van der Waals surface area contributed by atoms with Crippen LogP contribution in [-0.2, 0) is 16.1 Å². The van der Waals surface area contributed by atoms with Gasteiger partial charge in [-0.15, -0.1) is 0 Å². The van der Waals surface area contributed by atoms with Crippen LogP contribution in [0.4, 0.5) is 0 Å². The molecule has 2 saturated heterocycles. The number of piperidine rings is 1. The molecule has 2 amide bonds. The fourth-order valence-electron chi connectivity index (χ4n) is 6.61. The Balaban J connectivity index is 1.21. The Kier molecular flexibility index (Phi) is 9.06. The predicted molar refractivity (Wildman–Crippen MR) is 154 cm³/mol. The average Bonchev–Trinajstić information content (AvgIpc) is 2.98. The summed E-state index contributed by atoms with van der Waals surface area (Å²) in [6.45, 7) is 6.84. The number of rotatable bonds is 9. The van der Waals surface area contributed by atoms with E-state index in [1.54, 1.807) is 6.20 Å². The lowest BCUT2D eigenvalue weighted by Crippen LogP contribution is -2.75. The molecule has 1 aliphatic carbocycles. The Morgan fingerprint density at radius 3 is 2.40 bits per heavy atom. The van der Waals surface area contributed by atoms with E-state index in [2.05, 4.69) is 34.3 Å². The lowest BCUT2D eigenvalue weighted by molar-refractivity contribution is -0.166. The number of hydrogen-bond acceptors (Lipinski definition) is 6. The number of likely N-dealkylation sites (tertiary alicyclic amines) is 1. The monoisotopic (exact) mass is 548 g/mol. The SMILES string of the molecule is CCCCN1C(=O)C(C(O)C2CCCCC2)NC(=O)C12CCN(Cc1ccc(Oc3ccc(C)nc3)cc1)CC2. The molecule has 8 nitrogen and oxygen atoms in total. The molecular weight excluding hydrogens is 504 g/mol. The Morgan fingerprint density at radius 2 is 1.75 bits per heavy atom. The van der Waals surface area contributed by atoms with E-state index in [0.29, 0.717) is 25.1 Å². The summed E-state index contributed by atoms with van der Waals surface area (Å²) in [6, 6.07) is 11.1. The van der Waals surface area contributed by atoms with Gasteiger partial charge in [-0.3, -0.25) is 19.5 Å². The lowest BCUT2D eigenvalue weighted by atomic mass is 9.78. The van der Waals surface area contributed by atoms with Crippen LogP contribution in [0.2, 0.25) is 0 Å². The summed E-state index contributed by atoms with van der Waals surface area (Å²) in [6.07, 6.45) is 9.09. The predicted octanol–water partition coefficient (Wildman–Crippen LogP) is 4.59. The zero-order chi connectivity index (χ0) is 28.1. The molecule has 1 aromatic carbocycles. The summed E-state index contributed by atoms with van der Waals surface area (Å²) in [5.74, 6) is 1.37. The van der Waals surface area contributed by atoms with Crippen molar-refractivity contribution in [1.29, 1.82) is 0 Å². The number of piperazine rings is 1. The fraction of sp³-hybridized carbons (Fsp3) is 0.594. The molecule has 3 fully saturated rings. The number of hydrogen-bond donors (Lipinski definition) is 2. The maximum absolute atomic E-state index is 13.8. The molecule has 1 aromatic heterocycles. The third kappa shape index (κ3) is 6.18. The maximum atomic E-state index is 13.8. The van der Waals surface area contributed by atoms with Crippen LogP contribution in [0.1, 0.15) is 76.0 Å². The van der Waals surface area contributed by atoms with Gasteiger partial charge in [0.05, 0.1) is 12.3 Å². The van der Waals surface area contributed by atoms with Crippen molar-refractivity contribution < 1.29 is 19.4 Å². The molecule has 1 saturated carbocycles. The summed E-state index contributed by atoms with van der Waals surface area (Å²) in [4.78, 5) is 36.0. The number of benzene rings is 1. The number of ether oxygens (including phenoxy) is 1. The third-order valence-electron chi connectivity index (χ3n) is 9.10. The van der Waals surface area contributed by atoms with Crippen LogP contribution in [-0.4, -0.2) is 69.0 Å². The quantitative estimate of drug-likeness (QED) is 0.476. The molecule has 5 rings (SSSR count). The molecule has 2 aliphatic heterocycles. The molecule has 0 bridgehead atoms. The van der Waals surface area contributed by atoms with Gasteiger partial charge in [-0.1, -0.05) is 44.7 Å². The fourth-order valence-corrected chi connectivity index (χ4v) is 6.61. The van der Waals surface area contributed by atoms with Crippen molar-refractivity contribution in [3.63, 3.8) is 0 Å². The number of unbranched alkanes of at least 4 members (excludes halogenated alkanes) is 1. The normalized spacial score (nSPS) is 22.8. The van der Waals surface area contributed by atoms with Crippen LogP contribution in [0.25, 0.3) is 0 Å². The number of carbonyl (C=O) groups is 2. The van der Waals surface area contributed by atoms with Gasteiger partial charge in [-0.25, -0.2) is 0 Å². The van der Waals surface area contributed by atoms with E-state index in [9.17, 15) is 14.7 Å². The second-order valence-electron chi connectivity index (χ2n) is 11.9. The van der Waals surface area contributed by atoms with Gasteiger partial charge < -0.3 is 20.1 Å². The molecular formula is C32H44N4O4. The minimum Gasteiger partial charge on any atom is -0.456 e. The van der Waals surface area contributed by atoms with Crippen LogP contribution in [0.3, 0.4) is 0 Å². The van der Waals surface area contributed by atoms with Crippen molar-refractivity contribution >= 4 is 11.8 Å². The van der Waals surface area contributed by atoms with Gasteiger partial charge in [0.15, 0.2) is 0 Å². The molecule has 1 spiro atoms. The summed E-state index contributed by atoms with van der Waals surface area (Å²) < 4.78 is 5.91. The second-order valence-corrected chi connectivity index (χ2v) is 11.9. The molecule has 2 atom stereocenters. The minimum atomic E-state index is -0.828. The van der Waals surface area contributed by atoms with Gasteiger partial charge >= 0.3 is 0 Å². The first-order valence-electron chi connectivity index (χ1n) is 15.1. The van der Waals surface area contributed by atoms with E-state index in [-0.39, 0.29) is 17.7 Å². The number of aryl methyl sites for hydroxylation is 1. The van der Waals surface area contributed by atoms with E-state index in [1.807, 2.05) is 36.1 Å². The van der Waals surface area contributed by atoms with E-state index in [4.69, 9.17) is 4.74 Å². The van der Waals surface area contributed by atoms with Gasteiger partial charge in [-0.05, 0) is 74.8 Å². The Morgan fingerprint density at radius 1 is 1.05 bits per heavy atom. The van der Waals surface area contributed by atoms with Crippen molar-refractivity contribution in [2.75, 3.05) is 19.6 Å². The van der Waals surface area contributed by atoms with Crippen molar-refractivity contribution in [3.8, 4) is 11.5 Å². The highest BCUT2D eigenvalue weighted by Gasteiger charge is 2.55. The molecule has 2 unspecified atom stereocenters. The van der Waals surface area contributed by atoms with Crippen molar-refractivity contribution in [2.24, 2.45) is 5.92 Å². The van der Waals surface area contributed by atoms with Crippen LogP contribution >= 0.6 is 0 Å². The van der Waals surface area contributed by atoms with E-state index >= 15 is 0 Å². The standard InChI is InChI=1S/C32H44N4O4/c1-3-4-18-36-30(38)28(29(37)25-8-6-5-7-9-25)34-31(39)32(36)16-19-35(20-17-32)22-24-11-14-26(15-12-24)40-27-13-10-23(2)33-21-27/h10-15,21,25,28-29,37H,3-9,16-20,22H2,1-2H3,(H,34,39). The summed E-state index contributed by atoms with van der Waals surface area (Å²) in [7, 11) is 0. The van der Waals surface area contributed by atoms with Gasteiger partial charge in [0.1, 0.15) is 23.1 Å². The number of carbonyl (C=O) groups excluding carboxylic acids is 2. The first-order chi connectivity index (χ1) is 19.4. The first-order valence-corrected chi connectivity index (χ1v) is 15.1. The maximum Gasteiger partial charge on any atom is 0.248 e. The smallest absolute Gasteiger partial charge is 0.248 e. The van der Waals surface area contributed by atoms with E-state index < -0.39 is 17.7 Å². The van der Waals surface area contributed by atoms with Gasteiger partial charge in [0.25, 0.3) is 0 Å². The van der Waals surface area contributed by atoms with Gasteiger partial charge in [-0.2, -0.15) is 0 Å². The molecule has 40 heavy (non-hydrogen) atoms. The van der Waals surface area contributed by atoms with Crippen LogP contribution in [0, 0.1) is 12.8 Å². The highest BCUT2D eigenvalue weighted by molar-refractivity contribution is 6.00. The van der Waals surface area contributed by atoms with E-state index in [1.165, 1.54) is 12.0 Å². The Bertz CT molecular complexity index is 1140. The first kappa shape index (κ1) is 28.6. The molecule has 0 radical (unpaired) electrons. The number of pyridine rings is 1. The zero-order valence-electron chi connectivity index (χ0n) is 24.0. The third-order valence-corrected chi connectivity index (χ3v) is 9.10. The molecule has 2 N–H and O–H groups in total. The highest BCUT2D eigenvalue weighted by atomic mass is 16.5. The van der Waals surface area contributed by atoms with Gasteiger partial charge in [0, 0.05) is 31.9 Å². The van der Waals surface area contributed by atoms with E-state index in [0.717, 1.165) is 69.6 Å². The van der Waals surface area contributed by atoms with Crippen LogP contribution in [0.5, 0.6) is 11.5 Å². The second kappa shape index (κ2) is 12.7. The van der Waals surface area contributed by atoms with Crippen molar-refractivity contribution in [2.45, 2.75) is 95.9 Å². The van der Waals surface area contributed by atoms with Crippen molar-refractivity contribution in [1.82, 2.24) is 20.1 Å². The van der Waals surface area contributed by atoms with Crippen LogP contribution < -0.4 is 10.1 Å². The average molecular weight is 549 g/mol. The Labute approximate surface area is 238 Å². The molecule has 3 aliphatic rings. The van der Waals surface area contributed by atoms with Gasteiger partial charge in [0.2, 0.25) is 11.8 Å². The minimum absolute atomic E-state index is 0.0808. The molecule has 8 heteroatoms. The summed E-state index contributed by atoms with van der Waals surface area (Å²) in [5.41, 5.74) is 1.30. The lowest BCUT2D eigenvalue weighted by Gasteiger charge is -2.52. The molecule has 2 aromatic rings. The highest BCUT2D eigenvalue weighted by Crippen LogP contribution is 2.36. The Hall–Kier alpha value is -2.97.